The summed E-state index contributed by atoms with van der Waals surface area (Å²) in [5.41, 5.74) is 7.32. The fourth-order valence-electron chi connectivity index (χ4n) is 2.90. The Kier molecular flexibility index (Phi) is 6.31. The van der Waals surface area contributed by atoms with Crippen LogP contribution >= 0.6 is 35.7 Å². The van der Waals surface area contributed by atoms with Crippen molar-refractivity contribution in [3.63, 3.8) is 0 Å². The molecule has 2 heterocycles. The fourth-order valence-corrected chi connectivity index (χ4v) is 4.57. The summed E-state index contributed by atoms with van der Waals surface area (Å²) >= 11 is 2.76. The minimum Gasteiger partial charge on any atom is -0.379 e. The first-order valence-electron chi connectivity index (χ1n) is 7.82. The van der Waals surface area contributed by atoms with Crippen molar-refractivity contribution in [3.05, 3.63) is 45.7 Å². The van der Waals surface area contributed by atoms with Crippen molar-refractivity contribution >= 4 is 52.5 Å². The Morgan fingerprint density at radius 2 is 2.12 bits per heavy atom. The highest BCUT2D eigenvalue weighted by atomic mass is 35.5. The van der Waals surface area contributed by atoms with E-state index in [2.05, 4.69) is 14.7 Å². The second-order valence-electron chi connectivity index (χ2n) is 6.17. The minimum absolute atomic E-state index is 0. The standard InChI is InChI=1S/C17H19FN4OS2.ClH/c1-9-14(10(2)25-22-9)15(23)20-11-4-5-13(18)12(8-11)17(3)6-7-24-16(19)21-17;/h4-5,8H,6-7H2,1-3H3,(H2,19,21)(H,20,23);1H/t17-;/m0./s1. The number of nitrogens with one attached hydrogen (secondary N) is 1. The Morgan fingerprint density at radius 3 is 2.73 bits per heavy atom. The molecule has 1 atom stereocenters. The van der Waals surface area contributed by atoms with Gasteiger partial charge in [0.05, 0.1) is 16.8 Å². The van der Waals surface area contributed by atoms with Gasteiger partial charge in [-0.25, -0.2) is 4.39 Å². The Balaban J connectivity index is 0.00000243. The van der Waals surface area contributed by atoms with Gasteiger partial charge in [-0.05, 0) is 56.9 Å². The second kappa shape index (κ2) is 7.94. The predicted octanol–water partition coefficient (Wildman–Crippen LogP) is 4.24. The lowest BCUT2D eigenvalue weighted by Crippen LogP contribution is -2.29. The number of nitrogens with two attached hydrogens (primary N) is 1. The van der Waals surface area contributed by atoms with Gasteiger partial charge in [0.1, 0.15) is 5.82 Å². The van der Waals surface area contributed by atoms with Crippen LogP contribution in [0.2, 0.25) is 0 Å². The van der Waals surface area contributed by atoms with Crippen LogP contribution in [0.1, 0.15) is 39.8 Å². The number of amides is 1. The summed E-state index contributed by atoms with van der Waals surface area (Å²) in [6.45, 7) is 5.52. The van der Waals surface area contributed by atoms with Gasteiger partial charge in [0.15, 0.2) is 5.17 Å². The van der Waals surface area contributed by atoms with E-state index < -0.39 is 5.54 Å². The Labute approximate surface area is 166 Å². The zero-order chi connectivity index (χ0) is 18.2. The van der Waals surface area contributed by atoms with E-state index in [9.17, 15) is 9.18 Å². The molecule has 3 rings (SSSR count). The zero-order valence-corrected chi connectivity index (χ0v) is 17.1. The van der Waals surface area contributed by atoms with E-state index in [1.807, 2.05) is 13.8 Å². The van der Waals surface area contributed by atoms with Gasteiger partial charge < -0.3 is 11.1 Å². The smallest absolute Gasteiger partial charge is 0.258 e. The van der Waals surface area contributed by atoms with Crippen molar-refractivity contribution in [2.45, 2.75) is 32.7 Å². The molecule has 140 valence electrons. The zero-order valence-electron chi connectivity index (χ0n) is 14.6. The monoisotopic (exact) mass is 414 g/mol. The third kappa shape index (κ3) is 4.02. The number of halogens is 2. The molecular weight excluding hydrogens is 395 g/mol. The number of rotatable bonds is 3. The summed E-state index contributed by atoms with van der Waals surface area (Å²) in [6, 6.07) is 4.55. The number of nitrogens with zero attached hydrogens (tertiary/aromatic N) is 2. The normalized spacial score (nSPS) is 19.5. The Hall–Kier alpha value is -1.64. The average molecular weight is 415 g/mol. The number of amidine groups is 1. The van der Waals surface area contributed by atoms with Crippen molar-refractivity contribution in [3.8, 4) is 0 Å². The molecule has 1 amide bonds. The molecule has 1 aliphatic heterocycles. The first-order valence-corrected chi connectivity index (χ1v) is 9.58. The van der Waals surface area contributed by atoms with Crippen molar-refractivity contribution < 1.29 is 9.18 Å². The van der Waals surface area contributed by atoms with E-state index in [4.69, 9.17) is 5.73 Å². The number of hydrogen-bond acceptors (Lipinski definition) is 6. The lowest BCUT2D eigenvalue weighted by Gasteiger charge is -2.30. The highest BCUT2D eigenvalue weighted by Gasteiger charge is 2.32. The summed E-state index contributed by atoms with van der Waals surface area (Å²) < 4.78 is 18.6. The highest BCUT2D eigenvalue weighted by Crippen LogP contribution is 2.37. The molecule has 0 saturated carbocycles. The van der Waals surface area contributed by atoms with Gasteiger partial charge in [-0.15, -0.1) is 12.4 Å². The molecule has 9 heteroatoms. The van der Waals surface area contributed by atoms with E-state index in [0.717, 1.165) is 10.6 Å². The van der Waals surface area contributed by atoms with Crippen molar-refractivity contribution in [2.75, 3.05) is 11.1 Å². The van der Waals surface area contributed by atoms with Gasteiger partial charge in [-0.2, -0.15) is 4.37 Å². The molecule has 0 saturated heterocycles. The summed E-state index contributed by atoms with van der Waals surface area (Å²) in [4.78, 5) is 17.8. The predicted molar refractivity (Wildman–Crippen MR) is 109 cm³/mol. The molecule has 0 fully saturated rings. The molecule has 1 aromatic carbocycles. The van der Waals surface area contributed by atoms with Crippen molar-refractivity contribution in [2.24, 2.45) is 10.7 Å². The third-order valence-electron chi connectivity index (χ3n) is 4.26. The van der Waals surface area contributed by atoms with Gasteiger partial charge in [0.25, 0.3) is 5.91 Å². The van der Waals surface area contributed by atoms with Crippen LogP contribution in [0.15, 0.2) is 23.2 Å². The van der Waals surface area contributed by atoms with E-state index in [1.54, 1.807) is 19.1 Å². The van der Waals surface area contributed by atoms with Crippen LogP contribution in [-0.4, -0.2) is 21.2 Å². The van der Waals surface area contributed by atoms with E-state index in [0.29, 0.717) is 34.1 Å². The lowest BCUT2D eigenvalue weighted by molar-refractivity contribution is 0.102. The van der Waals surface area contributed by atoms with Crippen LogP contribution in [0.25, 0.3) is 0 Å². The largest absolute Gasteiger partial charge is 0.379 e. The Morgan fingerprint density at radius 1 is 1.38 bits per heavy atom. The fraction of sp³-hybridized carbons (Fsp3) is 0.353. The van der Waals surface area contributed by atoms with E-state index >= 15 is 0 Å². The summed E-state index contributed by atoms with van der Waals surface area (Å²) in [5, 5.41) is 3.29. The average Bonchev–Trinajstić information content (AvgIpc) is 2.87. The van der Waals surface area contributed by atoms with E-state index in [1.165, 1.54) is 29.4 Å². The van der Waals surface area contributed by atoms with Gasteiger partial charge in [-0.3, -0.25) is 9.79 Å². The van der Waals surface area contributed by atoms with Crippen LogP contribution in [0.4, 0.5) is 10.1 Å². The topological polar surface area (TPSA) is 80.4 Å². The lowest BCUT2D eigenvalue weighted by atomic mass is 9.89. The molecule has 26 heavy (non-hydrogen) atoms. The van der Waals surface area contributed by atoms with Gasteiger partial charge >= 0.3 is 0 Å². The number of aromatic nitrogens is 1. The van der Waals surface area contributed by atoms with Gasteiger partial charge in [-0.1, -0.05) is 11.8 Å². The maximum atomic E-state index is 14.4. The Bertz CT molecular complexity index is 851. The third-order valence-corrected chi connectivity index (χ3v) is 5.90. The van der Waals surface area contributed by atoms with Crippen molar-refractivity contribution in [1.29, 1.82) is 0 Å². The maximum Gasteiger partial charge on any atom is 0.258 e. The molecule has 5 nitrogen and oxygen atoms in total. The molecule has 0 bridgehead atoms. The summed E-state index contributed by atoms with van der Waals surface area (Å²) in [7, 11) is 0. The highest BCUT2D eigenvalue weighted by molar-refractivity contribution is 8.13. The summed E-state index contributed by atoms with van der Waals surface area (Å²) in [5.74, 6) is 0.183. The second-order valence-corrected chi connectivity index (χ2v) is 8.26. The molecule has 1 aromatic heterocycles. The SMILES string of the molecule is Cc1nsc(C)c1C(=O)Nc1ccc(F)c([C@]2(C)CCSC(N)=N2)c1.Cl. The van der Waals surface area contributed by atoms with Gasteiger partial charge in [0, 0.05) is 21.9 Å². The van der Waals surface area contributed by atoms with E-state index in [-0.39, 0.29) is 24.1 Å². The van der Waals surface area contributed by atoms with Crippen LogP contribution in [0.5, 0.6) is 0 Å². The first kappa shape index (κ1) is 20.7. The number of hydrogen-bond donors (Lipinski definition) is 2. The number of benzene rings is 1. The number of carbonyl (C=O) groups excluding carboxylic acids is 1. The quantitative estimate of drug-likeness (QED) is 0.787. The van der Waals surface area contributed by atoms with Crippen LogP contribution in [0.3, 0.4) is 0 Å². The van der Waals surface area contributed by atoms with Crippen LogP contribution in [0, 0.1) is 19.7 Å². The first-order chi connectivity index (χ1) is 11.8. The number of thioether (sulfide) groups is 1. The molecular formula is C17H20ClFN4OS2. The molecule has 2 aromatic rings. The maximum absolute atomic E-state index is 14.4. The molecule has 3 N–H and O–H groups in total. The van der Waals surface area contributed by atoms with Crippen LogP contribution < -0.4 is 11.1 Å². The molecule has 1 aliphatic rings. The number of aryl methyl sites for hydroxylation is 2. The molecule has 0 unspecified atom stereocenters. The number of aliphatic imine (C=N–C) groups is 1. The van der Waals surface area contributed by atoms with Crippen LogP contribution in [-0.2, 0) is 5.54 Å². The minimum atomic E-state index is -0.726. The molecule has 0 radical (unpaired) electrons. The number of anilines is 1. The summed E-state index contributed by atoms with van der Waals surface area (Å²) in [6.07, 6.45) is 0.680. The molecule has 0 aliphatic carbocycles. The van der Waals surface area contributed by atoms with Gasteiger partial charge in [0.2, 0.25) is 0 Å². The number of carbonyl (C=O) groups is 1. The molecule has 0 spiro atoms. The van der Waals surface area contributed by atoms with Crippen molar-refractivity contribution in [1.82, 2.24) is 4.37 Å².